The molecular weight excluding hydrogens is 355 g/mol. The summed E-state index contributed by atoms with van der Waals surface area (Å²) in [6.07, 6.45) is 3.06. The SMILES string of the molecule is O=C1C(Nc2ccnc(Cc3ccccc3)n2)CCN1Cc1ccc(F)cc1. The van der Waals surface area contributed by atoms with Gasteiger partial charge in [0.15, 0.2) is 0 Å². The summed E-state index contributed by atoms with van der Waals surface area (Å²) in [4.78, 5) is 23.4. The van der Waals surface area contributed by atoms with E-state index >= 15 is 0 Å². The maximum atomic E-state index is 13.0. The van der Waals surface area contributed by atoms with E-state index in [9.17, 15) is 9.18 Å². The Balaban J connectivity index is 1.38. The lowest BCUT2D eigenvalue weighted by Gasteiger charge is -2.17. The van der Waals surface area contributed by atoms with E-state index in [-0.39, 0.29) is 17.8 Å². The molecule has 1 fully saturated rings. The number of benzene rings is 2. The molecule has 5 nitrogen and oxygen atoms in total. The van der Waals surface area contributed by atoms with Gasteiger partial charge in [0.05, 0.1) is 0 Å². The summed E-state index contributed by atoms with van der Waals surface area (Å²) in [5.74, 6) is 1.13. The molecule has 0 saturated carbocycles. The normalized spacial score (nSPS) is 16.4. The van der Waals surface area contributed by atoms with Gasteiger partial charge in [0.1, 0.15) is 23.5 Å². The van der Waals surface area contributed by atoms with Crippen LogP contribution in [-0.2, 0) is 17.8 Å². The molecule has 2 heterocycles. The number of nitrogens with one attached hydrogen (secondary N) is 1. The summed E-state index contributed by atoms with van der Waals surface area (Å²) >= 11 is 0. The summed E-state index contributed by atoms with van der Waals surface area (Å²) < 4.78 is 13.0. The number of rotatable bonds is 6. The van der Waals surface area contributed by atoms with Crippen LogP contribution in [0, 0.1) is 5.82 Å². The lowest BCUT2D eigenvalue weighted by atomic mass is 10.1. The van der Waals surface area contributed by atoms with E-state index in [1.807, 2.05) is 30.3 Å². The molecule has 6 heteroatoms. The Hall–Kier alpha value is -3.28. The summed E-state index contributed by atoms with van der Waals surface area (Å²) in [5.41, 5.74) is 2.06. The second-order valence-corrected chi connectivity index (χ2v) is 6.89. The molecule has 1 amide bonds. The molecule has 1 atom stereocenters. The van der Waals surface area contributed by atoms with Crippen molar-refractivity contribution in [1.82, 2.24) is 14.9 Å². The number of nitrogens with zero attached hydrogens (tertiary/aromatic N) is 3. The molecule has 1 unspecified atom stereocenters. The van der Waals surface area contributed by atoms with Crippen LogP contribution >= 0.6 is 0 Å². The van der Waals surface area contributed by atoms with E-state index in [1.54, 1.807) is 29.3 Å². The van der Waals surface area contributed by atoms with E-state index in [4.69, 9.17) is 0 Å². The predicted molar refractivity (Wildman–Crippen MR) is 105 cm³/mol. The van der Waals surface area contributed by atoms with E-state index in [0.29, 0.717) is 37.6 Å². The van der Waals surface area contributed by atoms with Gasteiger partial charge in [-0.05, 0) is 35.7 Å². The summed E-state index contributed by atoms with van der Waals surface area (Å²) in [6, 6.07) is 17.8. The Labute approximate surface area is 163 Å². The third kappa shape index (κ3) is 4.34. The van der Waals surface area contributed by atoms with Crippen LogP contribution < -0.4 is 5.32 Å². The number of carbonyl (C=O) groups excluding carboxylic acids is 1. The second-order valence-electron chi connectivity index (χ2n) is 6.89. The van der Waals surface area contributed by atoms with Gasteiger partial charge in [0.25, 0.3) is 0 Å². The highest BCUT2D eigenvalue weighted by Gasteiger charge is 2.31. The van der Waals surface area contributed by atoms with Crippen molar-refractivity contribution in [2.24, 2.45) is 0 Å². The first-order valence-corrected chi connectivity index (χ1v) is 9.33. The van der Waals surface area contributed by atoms with Crippen LogP contribution in [0.25, 0.3) is 0 Å². The zero-order valence-electron chi connectivity index (χ0n) is 15.4. The molecule has 0 radical (unpaired) electrons. The van der Waals surface area contributed by atoms with Gasteiger partial charge in [-0.1, -0.05) is 42.5 Å². The van der Waals surface area contributed by atoms with E-state index in [0.717, 1.165) is 11.1 Å². The largest absolute Gasteiger partial charge is 0.358 e. The lowest BCUT2D eigenvalue weighted by molar-refractivity contribution is -0.128. The molecule has 4 rings (SSSR count). The van der Waals surface area contributed by atoms with Crippen LogP contribution in [0.5, 0.6) is 0 Å². The minimum Gasteiger partial charge on any atom is -0.358 e. The number of halogens is 1. The zero-order chi connectivity index (χ0) is 19.3. The molecule has 1 aliphatic rings. The molecule has 1 N–H and O–H groups in total. The topological polar surface area (TPSA) is 58.1 Å². The molecule has 1 saturated heterocycles. The van der Waals surface area contributed by atoms with Gasteiger partial charge in [-0.3, -0.25) is 4.79 Å². The van der Waals surface area contributed by atoms with Crippen molar-refractivity contribution in [3.05, 3.63) is 89.6 Å². The van der Waals surface area contributed by atoms with Crippen molar-refractivity contribution in [3.63, 3.8) is 0 Å². The van der Waals surface area contributed by atoms with Crippen molar-refractivity contribution in [2.75, 3.05) is 11.9 Å². The Morgan fingerprint density at radius 1 is 1.04 bits per heavy atom. The fraction of sp³-hybridized carbons (Fsp3) is 0.227. The minimum atomic E-state index is -0.306. The van der Waals surface area contributed by atoms with Gasteiger partial charge >= 0.3 is 0 Å². The van der Waals surface area contributed by atoms with Gasteiger partial charge in [-0.25, -0.2) is 14.4 Å². The molecule has 2 aromatic carbocycles. The van der Waals surface area contributed by atoms with Crippen molar-refractivity contribution in [1.29, 1.82) is 0 Å². The Kier molecular flexibility index (Phi) is 5.28. The fourth-order valence-corrected chi connectivity index (χ4v) is 3.36. The molecule has 1 aliphatic heterocycles. The van der Waals surface area contributed by atoms with Crippen molar-refractivity contribution >= 4 is 11.7 Å². The number of hydrogen-bond donors (Lipinski definition) is 1. The highest BCUT2D eigenvalue weighted by atomic mass is 19.1. The second kappa shape index (κ2) is 8.17. The number of hydrogen-bond acceptors (Lipinski definition) is 4. The summed E-state index contributed by atoms with van der Waals surface area (Å²) in [7, 11) is 0. The third-order valence-corrected chi connectivity index (χ3v) is 4.82. The molecule has 28 heavy (non-hydrogen) atoms. The van der Waals surface area contributed by atoms with E-state index in [2.05, 4.69) is 15.3 Å². The van der Waals surface area contributed by atoms with Crippen molar-refractivity contribution in [2.45, 2.75) is 25.4 Å². The van der Waals surface area contributed by atoms with E-state index < -0.39 is 0 Å². The summed E-state index contributed by atoms with van der Waals surface area (Å²) in [5, 5.41) is 3.24. The lowest BCUT2D eigenvalue weighted by Crippen LogP contribution is -2.33. The molecular formula is C22H21FN4O. The van der Waals surface area contributed by atoms with E-state index in [1.165, 1.54) is 12.1 Å². The highest BCUT2D eigenvalue weighted by molar-refractivity contribution is 5.86. The maximum Gasteiger partial charge on any atom is 0.245 e. The molecule has 1 aromatic heterocycles. The number of anilines is 1. The minimum absolute atomic E-state index is 0.0348. The first kappa shape index (κ1) is 18.1. The first-order valence-electron chi connectivity index (χ1n) is 9.33. The van der Waals surface area contributed by atoms with Gasteiger partial charge in [0, 0.05) is 25.7 Å². The van der Waals surface area contributed by atoms with Gasteiger partial charge < -0.3 is 10.2 Å². The van der Waals surface area contributed by atoms with Crippen molar-refractivity contribution < 1.29 is 9.18 Å². The van der Waals surface area contributed by atoms with Crippen LogP contribution in [0.1, 0.15) is 23.4 Å². The molecule has 142 valence electrons. The quantitative estimate of drug-likeness (QED) is 0.716. The number of aromatic nitrogens is 2. The predicted octanol–water partition coefficient (Wildman–Crippen LogP) is 3.42. The van der Waals surface area contributed by atoms with Gasteiger partial charge in [-0.2, -0.15) is 0 Å². The molecule has 0 aliphatic carbocycles. The van der Waals surface area contributed by atoms with Gasteiger partial charge in [-0.15, -0.1) is 0 Å². The highest BCUT2D eigenvalue weighted by Crippen LogP contribution is 2.19. The van der Waals surface area contributed by atoms with Gasteiger partial charge in [0.2, 0.25) is 5.91 Å². The standard InChI is InChI=1S/C22H21FN4O/c23-18-8-6-17(7-9-18)15-27-13-11-19(22(27)28)25-20-10-12-24-21(26-20)14-16-4-2-1-3-5-16/h1-10,12,19H,11,13-15H2,(H,24,25,26). The average molecular weight is 376 g/mol. The zero-order valence-corrected chi connectivity index (χ0v) is 15.4. The van der Waals surface area contributed by atoms with Crippen LogP contribution in [0.4, 0.5) is 10.2 Å². The molecule has 3 aromatic rings. The monoisotopic (exact) mass is 376 g/mol. The van der Waals surface area contributed by atoms with Crippen molar-refractivity contribution in [3.8, 4) is 0 Å². The Bertz CT molecular complexity index is 946. The van der Waals surface area contributed by atoms with Crippen LogP contribution in [-0.4, -0.2) is 33.4 Å². The summed E-state index contributed by atoms with van der Waals surface area (Å²) in [6.45, 7) is 1.15. The number of carbonyl (C=O) groups is 1. The Morgan fingerprint density at radius 3 is 2.61 bits per heavy atom. The fourth-order valence-electron chi connectivity index (χ4n) is 3.36. The number of likely N-dealkylation sites (tertiary alicyclic amines) is 1. The Morgan fingerprint density at radius 2 is 1.82 bits per heavy atom. The third-order valence-electron chi connectivity index (χ3n) is 4.82. The smallest absolute Gasteiger partial charge is 0.245 e. The molecule has 0 spiro atoms. The first-order chi connectivity index (χ1) is 13.7. The molecule has 0 bridgehead atoms. The van der Waals surface area contributed by atoms with Crippen LogP contribution in [0.15, 0.2) is 66.9 Å². The maximum absolute atomic E-state index is 13.0. The number of amides is 1. The average Bonchev–Trinajstić information content (AvgIpc) is 3.04. The van der Waals surface area contributed by atoms with Crippen LogP contribution in [0.2, 0.25) is 0 Å². The van der Waals surface area contributed by atoms with Crippen LogP contribution in [0.3, 0.4) is 0 Å².